The maximum Gasteiger partial charge on any atom is 0.255 e. The van der Waals surface area contributed by atoms with Crippen LogP contribution in [0.1, 0.15) is 61.7 Å². The lowest BCUT2D eigenvalue weighted by Gasteiger charge is -2.29. The van der Waals surface area contributed by atoms with Gasteiger partial charge < -0.3 is 25.1 Å². The van der Waals surface area contributed by atoms with Gasteiger partial charge in [-0.15, -0.1) is 0 Å². The van der Waals surface area contributed by atoms with Gasteiger partial charge in [-0.3, -0.25) is 9.59 Å². The number of aromatic amines is 1. The van der Waals surface area contributed by atoms with E-state index in [0.29, 0.717) is 40.6 Å². The second-order valence-electron chi connectivity index (χ2n) is 10.6. The standard InChI is InChI=1S/C28H33N5O4/c1-36-20-10-11-23(37-14-16-2-3-16)21(12-20)24-26-25(31-15-30-24)22(13-29-26)28(35)33-19-8-6-18(7-9-19)32-27(34)17-4-5-17/h10-13,15-19,29H,2-9,14H2,1H3,(H,32,34)(H,33,35)/t18-,19+. The summed E-state index contributed by atoms with van der Waals surface area (Å²) in [7, 11) is 1.63. The molecule has 6 rings (SSSR count). The Kier molecular flexibility index (Phi) is 6.44. The van der Waals surface area contributed by atoms with E-state index in [2.05, 4.69) is 25.6 Å². The van der Waals surface area contributed by atoms with E-state index < -0.39 is 0 Å². The fraction of sp³-hybridized carbons (Fsp3) is 0.500. The van der Waals surface area contributed by atoms with E-state index in [4.69, 9.17) is 9.47 Å². The van der Waals surface area contributed by atoms with Crippen LogP contribution in [-0.4, -0.2) is 52.6 Å². The molecular weight excluding hydrogens is 470 g/mol. The summed E-state index contributed by atoms with van der Waals surface area (Å²) in [5, 5.41) is 6.34. The smallest absolute Gasteiger partial charge is 0.255 e. The lowest BCUT2D eigenvalue weighted by atomic mass is 9.91. The summed E-state index contributed by atoms with van der Waals surface area (Å²) in [4.78, 5) is 37.5. The molecule has 9 nitrogen and oxygen atoms in total. The van der Waals surface area contributed by atoms with Crippen LogP contribution in [0.25, 0.3) is 22.3 Å². The van der Waals surface area contributed by atoms with Gasteiger partial charge in [-0.2, -0.15) is 0 Å². The maximum atomic E-state index is 13.2. The lowest BCUT2D eigenvalue weighted by molar-refractivity contribution is -0.123. The number of methoxy groups -OCH3 is 1. The Hall–Kier alpha value is -3.62. The average molecular weight is 504 g/mol. The predicted molar refractivity (Wildman–Crippen MR) is 138 cm³/mol. The zero-order valence-corrected chi connectivity index (χ0v) is 21.1. The molecule has 2 aromatic heterocycles. The van der Waals surface area contributed by atoms with Crippen LogP contribution in [0.2, 0.25) is 0 Å². The van der Waals surface area contributed by atoms with Gasteiger partial charge >= 0.3 is 0 Å². The van der Waals surface area contributed by atoms with Crippen molar-refractivity contribution >= 4 is 22.8 Å². The fourth-order valence-electron chi connectivity index (χ4n) is 5.07. The van der Waals surface area contributed by atoms with Gasteiger partial charge in [-0.1, -0.05) is 0 Å². The zero-order valence-electron chi connectivity index (χ0n) is 21.1. The molecule has 0 bridgehead atoms. The van der Waals surface area contributed by atoms with Gasteiger partial charge in [0.25, 0.3) is 5.91 Å². The highest BCUT2D eigenvalue weighted by molar-refractivity contribution is 6.08. The van der Waals surface area contributed by atoms with E-state index in [1.54, 1.807) is 13.3 Å². The van der Waals surface area contributed by atoms with Gasteiger partial charge in [0.2, 0.25) is 5.91 Å². The maximum absolute atomic E-state index is 13.2. The Bertz CT molecular complexity index is 1310. The van der Waals surface area contributed by atoms with Crippen LogP contribution in [0, 0.1) is 11.8 Å². The van der Waals surface area contributed by atoms with Crippen LogP contribution in [-0.2, 0) is 4.79 Å². The molecule has 3 aliphatic rings. The van der Waals surface area contributed by atoms with Gasteiger partial charge in [0.05, 0.1) is 24.8 Å². The summed E-state index contributed by atoms with van der Waals surface area (Å²) in [6, 6.07) is 5.98. The minimum absolute atomic E-state index is 0.0774. The van der Waals surface area contributed by atoms with Crippen molar-refractivity contribution < 1.29 is 19.1 Å². The van der Waals surface area contributed by atoms with Crippen molar-refractivity contribution in [1.29, 1.82) is 0 Å². The molecule has 0 spiro atoms. The Morgan fingerprint density at radius 2 is 1.76 bits per heavy atom. The van der Waals surface area contributed by atoms with E-state index in [9.17, 15) is 9.59 Å². The van der Waals surface area contributed by atoms with Crippen molar-refractivity contribution in [3.05, 3.63) is 36.3 Å². The molecule has 3 saturated carbocycles. The number of hydrogen-bond donors (Lipinski definition) is 3. The highest BCUT2D eigenvalue weighted by atomic mass is 16.5. The molecule has 3 fully saturated rings. The highest BCUT2D eigenvalue weighted by Crippen LogP contribution is 2.38. The summed E-state index contributed by atoms with van der Waals surface area (Å²) >= 11 is 0. The minimum Gasteiger partial charge on any atom is -0.497 e. The first-order valence-corrected chi connectivity index (χ1v) is 13.3. The molecule has 9 heteroatoms. The van der Waals surface area contributed by atoms with E-state index >= 15 is 0 Å². The van der Waals surface area contributed by atoms with Crippen molar-refractivity contribution in [2.75, 3.05) is 13.7 Å². The molecule has 2 amide bonds. The third-order valence-electron chi connectivity index (χ3n) is 7.68. The van der Waals surface area contributed by atoms with Crippen LogP contribution < -0.4 is 20.1 Å². The van der Waals surface area contributed by atoms with Crippen LogP contribution in [0.5, 0.6) is 11.5 Å². The lowest BCUT2D eigenvalue weighted by Crippen LogP contribution is -2.44. The monoisotopic (exact) mass is 503 g/mol. The summed E-state index contributed by atoms with van der Waals surface area (Å²) in [5.74, 6) is 2.32. The second-order valence-corrected chi connectivity index (χ2v) is 10.6. The number of benzene rings is 1. The van der Waals surface area contributed by atoms with Gasteiger partial charge in [0, 0.05) is 29.8 Å². The number of rotatable bonds is 9. The van der Waals surface area contributed by atoms with Crippen molar-refractivity contribution in [3.63, 3.8) is 0 Å². The normalized spacial score (nSPS) is 21.4. The Labute approximate surface area is 215 Å². The summed E-state index contributed by atoms with van der Waals surface area (Å²) in [6.07, 6.45) is 11.1. The first kappa shape index (κ1) is 23.8. The zero-order chi connectivity index (χ0) is 25.4. The number of aromatic nitrogens is 3. The molecule has 0 unspecified atom stereocenters. The molecule has 1 aromatic carbocycles. The molecular formula is C28H33N5O4. The Balaban J connectivity index is 1.18. The molecule has 37 heavy (non-hydrogen) atoms. The molecule has 0 saturated heterocycles. The van der Waals surface area contributed by atoms with Crippen LogP contribution in [0.4, 0.5) is 0 Å². The van der Waals surface area contributed by atoms with Crippen LogP contribution >= 0.6 is 0 Å². The largest absolute Gasteiger partial charge is 0.497 e. The number of carbonyl (C=O) groups excluding carboxylic acids is 2. The first-order chi connectivity index (χ1) is 18.1. The van der Waals surface area contributed by atoms with E-state index in [1.807, 2.05) is 18.2 Å². The number of amides is 2. The summed E-state index contributed by atoms with van der Waals surface area (Å²) in [6.45, 7) is 0.679. The number of H-pyrrole nitrogens is 1. The highest BCUT2D eigenvalue weighted by Gasteiger charge is 2.32. The number of nitrogens with one attached hydrogen (secondary N) is 3. The van der Waals surface area contributed by atoms with Crippen molar-refractivity contribution in [2.45, 2.75) is 63.5 Å². The van der Waals surface area contributed by atoms with Crippen LogP contribution in [0.15, 0.2) is 30.7 Å². The third kappa shape index (κ3) is 5.26. The quantitative estimate of drug-likeness (QED) is 0.406. The number of carbonyl (C=O) groups is 2. The molecule has 0 aliphatic heterocycles. The Morgan fingerprint density at radius 3 is 2.46 bits per heavy atom. The molecule has 3 aromatic rings. The number of fused-ring (bicyclic) bond motifs is 1. The minimum atomic E-state index is -0.155. The van der Waals surface area contributed by atoms with E-state index in [1.165, 1.54) is 19.2 Å². The number of ether oxygens (including phenoxy) is 2. The number of hydrogen-bond acceptors (Lipinski definition) is 6. The van der Waals surface area contributed by atoms with Gasteiger partial charge in [-0.25, -0.2) is 9.97 Å². The molecule has 2 heterocycles. The molecule has 3 N–H and O–H groups in total. The first-order valence-electron chi connectivity index (χ1n) is 13.3. The predicted octanol–water partition coefficient (Wildman–Crippen LogP) is 3.99. The van der Waals surface area contributed by atoms with Crippen molar-refractivity contribution in [2.24, 2.45) is 11.8 Å². The second kappa shape index (κ2) is 10.0. The van der Waals surface area contributed by atoms with Crippen molar-refractivity contribution in [1.82, 2.24) is 25.6 Å². The fourth-order valence-corrected chi connectivity index (χ4v) is 5.07. The van der Waals surface area contributed by atoms with Crippen molar-refractivity contribution in [3.8, 4) is 22.8 Å². The summed E-state index contributed by atoms with van der Waals surface area (Å²) < 4.78 is 11.6. The van der Waals surface area contributed by atoms with Gasteiger partial charge in [0.1, 0.15) is 29.0 Å². The van der Waals surface area contributed by atoms with Gasteiger partial charge in [-0.05, 0) is 75.5 Å². The summed E-state index contributed by atoms with van der Waals surface area (Å²) in [5.41, 5.74) is 3.21. The number of nitrogens with zero attached hydrogens (tertiary/aromatic N) is 2. The van der Waals surface area contributed by atoms with E-state index in [0.717, 1.165) is 49.8 Å². The molecule has 0 radical (unpaired) electrons. The SMILES string of the molecule is COc1ccc(OCC2CC2)c(-c2ncnc3c(C(=O)N[C@H]4CC[C@@H](NC(=O)C5CC5)CC4)c[nH]c23)c1. The van der Waals surface area contributed by atoms with Crippen LogP contribution in [0.3, 0.4) is 0 Å². The van der Waals surface area contributed by atoms with E-state index in [-0.39, 0.29) is 29.8 Å². The molecule has 194 valence electrons. The van der Waals surface area contributed by atoms with Gasteiger partial charge in [0.15, 0.2) is 0 Å². The molecule has 0 atom stereocenters. The topological polar surface area (TPSA) is 118 Å². The average Bonchev–Trinajstić information content (AvgIpc) is 3.85. The molecule has 3 aliphatic carbocycles. The third-order valence-corrected chi connectivity index (χ3v) is 7.68. The Morgan fingerprint density at radius 1 is 1.00 bits per heavy atom.